The van der Waals surface area contributed by atoms with Gasteiger partial charge < -0.3 is 15.9 Å². The van der Waals surface area contributed by atoms with Crippen LogP contribution in [0.5, 0.6) is 5.75 Å². The number of phenolic OH excluding ortho intramolecular Hbond substituents is 1. The molecule has 1 rings (SSSR count). The number of nitrogens with two attached hydrogens (primary N) is 1. The lowest BCUT2D eigenvalue weighted by Gasteiger charge is -2.06. The third-order valence-electron chi connectivity index (χ3n) is 1.78. The molecule has 14 heavy (non-hydrogen) atoms. The van der Waals surface area contributed by atoms with E-state index in [4.69, 9.17) is 27.5 Å². The number of hydrogen-bond acceptors (Lipinski definition) is 3. The molecule has 0 aliphatic rings. The Balaban J connectivity index is 2.78. The first-order valence-electron chi connectivity index (χ1n) is 3.96. The van der Waals surface area contributed by atoms with Crippen LogP contribution in [-0.2, 0) is 11.2 Å². The zero-order valence-corrected chi connectivity index (χ0v) is 8.03. The second-order valence-corrected chi connectivity index (χ2v) is 3.34. The van der Waals surface area contributed by atoms with Gasteiger partial charge in [0.05, 0.1) is 5.02 Å². The number of aliphatic carboxylic acids is 1. The maximum Gasteiger partial charge on any atom is 0.320 e. The molecule has 4 N–H and O–H groups in total. The standard InChI is InChI=1S/C9H10ClNO3/c10-6-3-5(1-2-8(6)12)4-7(11)9(13)14/h1-3,7,12H,4,11H2,(H,13,14)/t7-/m1/s1. The number of benzene rings is 1. The van der Waals surface area contributed by atoms with E-state index in [0.29, 0.717) is 5.56 Å². The lowest BCUT2D eigenvalue weighted by atomic mass is 10.1. The van der Waals surface area contributed by atoms with E-state index in [9.17, 15) is 4.79 Å². The Morgan fingerprint density at radius 2 is 2.21 bits per heavy atom. The van der Waals surface area contributed by atoms with Crippen molar-refractivity contribution in [3.63, 3.8) is 0 Å². The summed E-state index contributed by atoms with van der Waals surface area (Å²) in [5, 5.41) is 17.9. The topological polar surface area (TPSA) is 83.5 Å². The highest BCUT2D eigenvalue weighted by Crippen LogP contribution is 2.23. The van der Waals surface area contributed by atoms with Crippen LogP contribution in [0, 0.1) is 0 Å². The third-order valence-corrected chi connectivity index (χ3v) is 2.09. The maximum absolute atomic E-state index is 10.4. The van der Waals surface area contributed by atoms with Crippen LogP contribution in [0.25, 0.3) is 0 Å². The highest BCUT2D eigenvalue weighted by molar-refractivity contribution is 6.32. The second-order valence-electron chi connectivity index (χ2n) is 2.93. The summed E-state index contributed by atoms with van der Waals surface area (Å²) in [7, 11) is 0. The molecule has 0 aliphatic heterocycles. The van der Waals surface area contributed by atoms with Crippen molar-refractivity contribution in [3.8, 4) is 5.75 Å². The van der Waals surface area contributed by atoms with Gasteiger partial charge in [-0.05, 0) is 24.1 Å². The Morgan fingerprint density at radius 1 is 1.57 bits per heavy atom. The molecule has 0 amide bonds. The number of aromatic hydroxyl groups is 1. The van der Waals surface area contributed by atoms with Gasteiger partial charge in [0.15, 0.2) is 0 Å². The quantitative estimate of drug-likeness (QED) is 0.703. The number of hydrogen-bond donors (Lipinski definition) is 3. The SMILES string of the molecule is N[C@H](Cc1ccc(O)c(Cl)c1)C(=O)O. The van der Waals surface area contributed by atoms with Gasteiger partial charge in [0.1, 0.15) is 11.8 Å². The van der Waals surface area contributed by atoms with Crippen LogP contribution in [0.3, 0.4) is 0 Å². The fourth-order valence-corrected chi connectivity index (χ4v) is 1.22. The van der Waals surface area contributed by atoms with Crippen LogP contribution in [0.4, 0.5) is 0 Å². The van der Waals surface area contributed by atoms with Crippen LogP contribution in [0.15, 0.2) is 18.2 Å². The summed E-state index contributed by atoms with van der Waals surface area (Å²) in [5.74, 6) is -1.09. The van der Waals surface area contributed by atoms with Crippen molar-refractivity contribution in [2.75, 3.05) is 0 Å². The molecule has 0 saturated heterocycles. The van der Waals surface area contributed by atoms with Crippen molar-refractivity contribution in [1.82, 2.24) is 0 Å². The van der Waals surface area contributed by atoms with Crippen molar-refractivity contribution < 1.29 is 15.0 Å². The molecule has 0 radical (unpaired) electrons. The monoisotopic (exact) mass is 215 g/mol. The van der Waals surface area contributed by atoms with Crippen LogP contribution in [-0.4, -0.2) is 22.2 Å². The van der Waals surface area contributed by atoms with E-state index in [0.717, 1.165) is 0 Å². The summed E-state index contributed by atoms with van der Waals surface area (Å²) in [6, 6.07) is 3.55. The molecule has 0 aliphatic carbocycles. The second kappa shape index (κ2) is 4.30. The molecule has 76 valence electrons. The molecule has 0 aromatic heterocycles. The number of rotatable bonds is 3. The minimum Gasteiger partial charge on any atom is -0.506 e. The smallest absolute Gasteiger partial charge is 0.320 e. The van der Waals surface area contributed by atoms with E-state index in [1.807, 2.05) is 0 Å². The third kappa shape index (κ3) is 2.61. The largest absolute Gasteiger partial charge is 0.506 e. The normalized spacial score (nSPS) is 12.4. The summed E-state index contributed by atoms with van der Waals surface area (Å²) >= 11 is 5.64. The van der Waals surface area contributed by atoms with E-state index in [2.05, 4.69) is 0 Å². The van der Waals surface area contributed by atoms with Gasteiger partial charge in [0.2, 0.25) is 0 Å². The van der Waals surface area contributed by atoms with Crippen molar-refractivity contribution >= 4 is 17.6 Å². The predicted molar refractivity (Wildman–Crippen MR) is 52.4 cm³/mol. The summed E-state index contributed by atoms with van der Waals surface area (Å²) in [4.78, 5) is 10.4. The molecular weight excluding hydrogens is 206 g/mol. The van der Waals surface area contributed by atoms with E-state index in [1.165, 1.54) is 12.1 Å². The van der Waals surface area contributed by atoms with Crippen molar-refractivity contribution in [2.45, 2.75) is 12.5 Å². The zero-order valence-electron chi connectivity index (χ0n) is 7.27. The molecule has 1 aromatic carbocycles. The molecule has 0 bridgehead atoms. The van der Waals surface area contributed by atoms with Crippen LogP contribution >= 0.6 is 11.6 Å². The molecule has 5 heteroatoms. The van der Waals surface area contributed by atoms with E-state index < -0.39 is 12.0 Å². The van der Waals surface area contributed by atoms with Crippen molar-refractivity contribution in [1.29, 1.82) is 0 Å². The lowest BCUT2D eigenvalue weighted by Crippen LogP contribution is -2.32. The highest BCUT2D eigenvalue weighted by atomic mass is 35.5. The Kier molecular flexibility index (Phi) is 3.33. The number of carboxylic acids is 1. The summed E-state index contributed by atoms with van der Waals surface area (Å²) in [6.07, 6.45) is 0.190. The number of carboxylic acid groups (broad SMARTS) is 1. The molecule has 1 aromatic rings. The van der Waals surface area contributed by atoms with Crippen molar-refractivity contribution in [2.24, 2.45) is 5.73 Å². The number of halogens is 1. The summed E-state index contributed by atoms with van der Waals surface area (Å²) in [6.45, 7) is 0. The van der Waals surface area contributed by atoms with Crippen LogP contribution < -0.4 is 5.73 Å². The fraction of sp³-hybridized carbons (Fsp3) is 0.222. The van der Waals surface area contributed by atoms with Crippen LogP contribution in [0.2, 0.25) is 5.02 Å². The number of carbonyl (C=O) groups is 1. The van der Waals surface area contributed by atoms with Gasteiger partial charge in [-0.1, -0.05) is 17.7 Å². The Labute approximate surface area is 85.9 Å². The van der Waals surface area contributed by atoms with Gasteiger partial charge in [-0.2, -0.15) is 0 Å². The summed E-state index contributed by atoms with van der Waals surface area (Å²) < 4.78 is 0. The first kappa shape index (κ1) is 10.8. The van der Waals surface area contributed by atoms with Gasteiger partial charge in [-0.25, -0.2) is 0 Å². The fourth-order valence-electron chi connectivity index (χ4n) is 1.02. The van der Waals surface area contributed by atoms with Gasteiger partial charge in [0.25, 0.3) is 0 Å². The minimum atomic E-state index is -1.06. The molecule has 0 fully saturated rings. The summed E-state index contributed by atoms with van der Waals surface area (Å²) in [5.41, 5.74) is 6.01. The highest BCUT2D eigenvalue weighted by Gasteiger charge is 2.12. The van der Waals surface area contributed by atoms with E-state index in [1.54, 1.807) is 6.07 Å². The Morgan fingerprint density at radius 3 is 2.71 bits per heavy atom. The van der Waals surface area contributed by atoms with Gasteiger partial charge >= 0.3 is 5.97 Å². The first-order chi connectivity index (χ1) is 6.50. The van der Waals surface area contributed by atoms with Gasteiger partial charge in [-0.15, -0.1) is 0 Å². The minimum absolute atomic E-state index is 0.0284. The maximum atomic E-state index is 10.4. The van der Waals surface area contributed by atoms with Crippen LogP contribution in [0.1, 0.15) is 5.56 Å². The average molecular weight is 216 g/mol. The lowest BCUT2D eigenvalue weighted by molar-refractivity contribution is -0.138. The van der Waals surface area contributed by atoms with Gasteiger partial charge in [-0.3, -0.25) is 4.79 Å². The van der Waals surface area contributed by atoms with Crippen molar-refractivity contribution in [3.05, 3.63) is 28.8 Å². The Hall–Kier alpha value is -1.26. The van der Waals surface area contributed by atoms with Gasteiger partial charge in [0, 0.05) is 0 Å². The molecule has 0 saturated carbocycles. The zero-order chi connectivity index (χ0) is 10.7. The average Bonchev–Trinajstić information content (AvgIpc) is 2.11. The molecule has 0 spiro atoms. The number of phenols is 1. The predicted octanol–water partition coefficient (Wildman–Crippen LogP) is 1.00. The molecule has 4 nitrogen and oxygen atoms in total. The van der Waals surface area contributed by atoms with E-state index in [-0.39, 0.29) is 17.2 Å². The molecule has 0 heterocycles. The van der Waals surface area contributed by atoms with E-state index >= 15 is 0 Å². The Bertz CT molecular complexity index is 354. The molecule has 0 unspecified atom stereocenters. The molecule has 1 atom stereocenters. The molecular formula is C9H10ClNO3. The first-order valence-corrected chi connectivity index (χ1v) is 4.34.